The van der Waals surface area contributed by atoms with E-state index in [9.17, 15) is 14.7 Å². The fourth-order valence-corrected chi connectivity index (χ4v) is 4.01. The van der Waals surface area contributed by atoms with Gasteiger partial charge in [0.1, 0.15) is 17.3 Å². The molecule has 0 aliphatic carbocycles. The van der Waals surface area contributed by atoms with Crippen LogP contribution >= 0.6 is 31.9 Å². The lowest BCUT2D eigenvalue weighted by Gasteiger charge is -2.18. The number of hydrogen-bond donors (Lipinski definition) is 2. The Labute approximate surface area is 181 Å². The summed E-state index contributed by atoms with van der Waals surface area (Å²) >= 11 is 7.03. The van der Waals surface area contributed by atoms with Gasteiger partial charge in [0.05, 0.1) is 15.4 Å². The smallest absolute Gasteiger partial charge is 0.231 e. The van der Waals surface area contributed by atoms with E-state index in [-0.39, 0.29) is 29.8 Å². The molecule has 28 heavy (non-hydrogen) atoms. The summed E-state index contributed by atoms with van der Waals surface area (Å²) in [5.74, 6) is 1.03. The second-order valence-electron chi connectivity index (χ2n) is 7.04. The maximum atomic E-state index is 11.9. The monoisotopic (exact) mass is 511 g/mol. The van der Waals surface area contributed by atoms with E-state index >= 15 is 0 Å². The van der Waals surface area contributed by atoms with Crippen molar-refractivity contribution in [2.45, 2.75) is 47.0 Å². The van der Waals surface area contributed by atoms with Gasteiger partial charge in [-0.25, -0.2) is 0 Å². The van der Waals surface area contributed by atoms with E-state index in [1.807, 2.05) is 33.8 Å². The predicted molar refractivity (Wildman–Crippen MR) is 118 cm³/mol. The minimum Gasteiger partial charge on any atom is -0.507 e. The van der Waals surface area contributed by atoms with Gasteiger partial charge in [0.15, 0.2) is 5.75 Å². The number of carbonyl (C=O) groups excluding carboxylic acids is 2. The Hall–Kier alpha value is -1.86. The molecule has 7 heteroatoms. The summed E-state index contributed by atoms with van der Waals surface area (Å²) in [5.41, 5.74) is 2.90. The van der Waals surface area contributed by atoms with E-state index in [1.54, 1.807) is 12.1 Å². The normalized spacial score (nSPS) is 10.9. The maximum Gasteiger partial charge on any atom is 0.231 e. The molecule has 2 rings (SSSR count). The predicted octanol–water partition coefficient (Wildman–Crippen LogP) is 6.37. The molecule has 0 spiro atoms. The number of hydrogen-bond acceptors (Lipinski definition) is 4. The molecule has 2 aromatic rings. The van der Waals surface area contributed by atoms with Crippen molar-refractivity contribution >= 4 is 49.2 Å². The Morgan fingerprint density at radius 3 is 2.39 bits per heavy atom. The number of benzene rings is 2. The van der Waals surface area contributed by atoms with Crippen LogP contribution in [0.5, 0.6) is 17.2 Å². The Morgan fingerprint density at radius 2 is 1.82 bits per heavy atom. The van der Waals surface area contributed by atoms with Gasteiger partial charge in [-0.15, -0.1) is 0 Å². The number of phenols is 1. The zero-order valence-corrected chi connectivity index (χ0v) is 19.6. The Kier molecular flexibility index (Phi) is 7.28. The first-order chi connectivity index (χ1) is 13.0. The van der Waals surface area contributed by atoms with Crippen molar-refractivity contribution in [2.75, 3.05) is 5.32 Å². The third kappa shape index (κ3) is 5.14. The molecule has 0 aliphatic rings. The van der Waals surface area contributed by atoms with Crippen molar-refractivity contribution in [3.63, 3.8) is 0 Å². The quantitative estimate of drug-likeness (QED) is 0.441. The van der Waals surface area contributed by atoms with Crippen molar-refractivity contribution in [1.82, 2.24) is 0 Å². The summed E-state index contributed by atoms with van der Waals surface area (Å²) in [5, 5.41) is 13.0. The van der Waals surface area contributed by atoms with Crippen LogP contribution in [0.15, 0.2) is 27.1 Å². The second kappa shape index (κ2) is 9.09. The molecule has 5 nitrogen and oxygen atoms in total. The Balaban J connectivity index is 2.39. The van der Waals surface area contributed by atoms with Gasteiger partial charge in [0.25, 0.3) is 0 Å². The molecule has 2 N–H and O–H groups in total. The standard InChI is InChI=1S/C21H23Br2NO4/c1-10(2)15-8-14(6-11(3)20(15)27)28-21-16(22)9-17(13(5)19(21)23)24-18(26)7-12(4)25/h6,8-10,27H,7H2,1-5H3,(H,24,26). The van der Waals surface area contributed by atoms with Crippen molar-refractivity contribution < 1.29 is 19.4 Å². The summed E-state index contributed by atoms with van der Waals surface area (Å²) in [6.45, 7) is 9.06. The van der Waals surface area contributed by atoms with Crippen molar-refractivity contribution in [2.24, 2.45) is 0 Å². The van der Waals surface area contributed by atoms with Crippen LogP contribution in [0, 0.1) is 13.8 Å². The van der Waals surface area contributed by atoms with E-state index in [2.05, 4.69) is 37.2 Å². The molecule has 0 aliphatic heterocycles. The number of amides is 1. The van der Waals surface area contributed by atoms with Gasteiger partial charge in [-0.2, -0.15) is 0 Å². The highest BCUT2D eigenvalue weighted by Crippen LogP contribution is 2.43. The topological polar surface area (TPSA) is 75.6 Å². The second-order valence-corrected chi connectivity index (χ2v) is 8.68. The number of ether oxygens (including phenoxy) is 1. The van der Waals surface area contributed by atoms with Crippen LogP contribution in [0.25, 0.3) is 0 Å². The number of Topliss-reactive ketones (excluding diaryl/α,β-unsaturated/α-hetero) is 1. The molecule has 0 radical (unpaired) electrons. The molecule has 150 valence electrons. The highest BCUT2D eigenvalue weighted by atomic mass is 79.9. The Morgan fingerprint density at radius 1 is 1.18 bits per heavy atom. The summed E-state index contributed by atoms with van der Waals surface area (Å²) in [4.78, 5) is 23.1. The van der Waals surface area contributed by atoms with Crippen LogP contribution in [-0.2, 0) is 9.59 Å². The number of aromatic hydroxyl groups is 1. The molecule has 0 aromatic heterocycles. The molecule has 0 heterocycles. The van der Waals surface area contributed by atoms with Crippen LogP contribution in [0.2, 0.25) is 0 Å². The lowest BCUT2D eigenvalue weighted by atomic mass is 9.99. The van der Waals surface area contributed by atoms with Gasteiger partial charge in [-0.1, -0.05) is 13.8 Å². The van der Waals surface area contributed by atoms with Gasteiger partial charge in [0, 0.05) is 11.3 Å². The number of halogens is 2. The number of rotatable bonds is 6. The van der Waals surface area contributed by atoms with Gasteiger partial charge in [-0.3, -0.25) is 9.59 Å². The first kappa shape index (κ1) is 22.4. The van der Waals surface area contributed by atoms with Crippen LogP contribution in [0.1, 0.15) is 49.8 Å². The van der Waals surface area contributed by atoms with Crippen LogP contribution < -0.4 is 10.1 Å². The number of nitrogens with one attached hydrogen (secondary N) is 1. The highest BCUT2D eigenvalue weighted by Gasteiger charge is 2.18. The SMILES string of the molecule is CC(=O)CC(=O)Nc1cc(Br)c(Oc2cc(C)c(O)c(C(C)C)c2)c(Br)c1C. The van der Waals surface area contributed by atoms with Crippen LogP contribution in [-0.4, -0.2) is 16.8 Å². The average molecular weight is 513 g/mol. The lowest BCUT2D eigenvalue weighted by Crippen LogP contribution is -2.15. The molecule has 0 atom stereocenters. The largest absolute Gasteiger partial charge is 0.507 e. The number of ketones is 1. The molecule has 1 amide bonds. The van der Waals surface area contributed by atoms with Gasteiger partial charge < -0.3 is 15.2 Å². The summed E-state index contributed by atoms with van der Waals surface area (Å²) in [6, 6.07) is 5.34. The van der Waals surface area contributed by atoms with Crippen molar-refractivity contribution in [3.8, 4) is 17.2 Å². The lowest BCUT2D eigenvalue weighted by molar-refractivity contribution is -0.124. The number of aryl methyl sites for hydroxylation is 1. The minimum atomic E-state index is -0.362. The third-order valence-electron chi connectivity index (χ3n) is 4.25. The number of carbonyl (C=O) groups is 2. The molecule has 2 aromatic carbocycles. The molecule has 0 unspecified atom stereocenters. The molecule has 0 bridgehead atoms. The zero-order valence-electron chi connectivity index (χ0n) is 16.4. The van der Waals surface area contributed by atoms with Crippen molar-refractivity contribution in [3.05, 3.63) is 43.8 Å². The fourth-order valence-electron chi connectivity index (χ4n) is 2.73. The first-order valence-corrected chi connectivity index (χ1v) is 10.4. The van der Waals surface area contributed by atoms with E-state index in [4.69, 9.17) is 4.74 Å². The van der Waals surface area contributed by atoms with E-state index in [0.717, 1.165) is 16.7 Å². The van der Waals surface area contributed by atoms with Crippen molar-refractivity contribution in [1.29, 1.82) is 0 Å². The van der Waals surface area contributed by atoms with E-state index < -0.39 is 0 Å². The number of phenolic OH excluding ortho intramolecular Hbond substituents is 1. The molecule has 0 saturated carbocycles. The summed E-state index contributed by atoms with van der Waals surface area (Å²) in [6.07, 6.45) is -0.169. The minimum absolute atomic E-state index is 0.148. The van der Waals surface area contributed by atoms with Gasteiger partial charge in [0.2, 0.25) is 5.91 Å². The highest BCUT2D eigenvalue weighted by molar-refractivity contribution is 9.11. The molecule has 0 fully saturated rings. The van der Waals surface area contributed by atoms with Crippen LogP contribution in [0.4, 0.5) is 5.69 Å². The zero-order chi connectivity index (χ0) is 21.2. The molecule has 0 saturated heterocycles. The maximum absolute atomic E-state index is 11.9. The fraction of sp³-hybridized carbons (Fsp3) is 0.333. The van der Waals surface area contributed by atoms with E-state index in [0.29, 0.717) is 26.1 Å². The molecular formula is C21H23Br2NO4. The van der Waals surface area contributed by atoms with Gasteiger partial charge in [-0.05, 0) is 87.9 Å². The number of anilines is 1. The average Bonchev–Trinajstić information content (AvgIpc) is 2.58. The Bertz CT molecular complexity index is 939. The third-order valence-corrected chi connectivity index (χ3v) is 5.79. The van der Waals surface area contributed by atoms with E-state index in [1.165, 1.54) is 6.92 Å². The van der Waals surface area contributed by atoms with Crippen LogP contribution in [0.3, 0.4) is 0 Å². The van der Waals surface area contributed by atoms with Gasteiger partial charge >= 0.3 is 0 Å². The first-order valence-electron chi connectivity index (χ1n) is 8.80. The summed E-state index contributed by atoms with van der Waals surface area (Å²) in [7, 11) is 0. The summed E-state index contributed by atoms with van der Waals surface area (Å²) < 4.78 is 7.42. The molecular weight excluding hydrogens is 490 g/mol.